The topological polar surface area (TPSA) is 59.2 Å². The fourth-order valence-corrected chi connectivity index (χ4v) is 1.92. The molecule has 1 unspecified atom stereocenters. The van der Waals surface area contributed by atoms with Gasteiger partial charge in [-0.05, 0) is 48.1 Å². The minimum Gasteiger partial charge on any atom is -0.385 e. The monoisotopic (exact) mass is 330 g/mol. The van der Waals surface area contributed by atoms with E-state index in [9.17, 15) is 5.11 Å². The van der Waals surface area contributed by atoms with Crippen LogP contribution in [0.15, 0.2) is 22.7 Å². The molecule has 1 aromatic carbocycles. The molecule has 0 bridgehead atoms. The highest BCUT2D eigenvalue weighted by Crippen LogP contribution is 2.26. The molecule has 0 saturated heterocycles. The van der Waals surface area contributed by atoms with Gasteiger partial charge in [0, 0.05) is 3.57 Å². The second-order valence-electron chi connectivity index (χ2n) is 3.57. The molecule has 4 nitrogen and oxygen atoms in total. The first-order valence-corrected chi connectivity index (χ1v) is 5.94. The van der Waals surface area contributed by atoms with Crippen LogP contribution in [-0.2, 0) is 0 Å². The molecule has 84 valence electrons. The Morgan fingerprint density at radius 3 is 2.81 bits per heavy atom. The number of aryl methyl sites for hydroxylation is 1. The van der Waals surface area contributed by atoms with Crippen molar-refractivity contribution in [3.63, 3.8) is 0 Å². The lowest BCUT2D eigenvalue weighted by molar-refractivity contribution is 0.184. The molecule has 0 aliphatic rings. The van der Waals surface area contributed by atoms with Crippen LogP contribution in [0.2, 0.25) is 0 Å². The molecule has 2 aromatic rings. The molecule has 0 fully saturated rings. The molecule has 1 atom stereocenters. The first kappa shape index (κ1) is 11.5. The van der Waals surface area contributed by atoms with Gasteiger partial charge in [0.05, 0.1) is 5.56 Å². The van der Waals surface area contributed by atoms with Gasteiger partial charge in [-0.15, -0.1) is 0 Å². The van der Waals surface area contributed by atoms with Crippen molar-refractivity contribution in [2.45, 2.75) is 20.0 Å². The standard InChI is InChI=1S/C11H11IN2O2/c1-6-4-3-5-8(9(6)12)11-13-10(7(2)15)14-16-11/h3-5,7,15H,1-2H3. The Hall–Kier alpha value is -0.950. The summed E-state index contributed by atoms with van der Waals surface area (Å²) in [6.45, 7) is 3.63. The molecule has 0 radical (unpaired) electrons. The van der Waals surface area contributed by atoms with Gasteiger partial charge >= 0.3 is 0 Å². The van der Waals surface area contributed by atoms with E-state index in [0.29, 0.717) is 11.7 Å². The third-order valence-corrected chi connectivity index (χ3v) is 3.67. The number of aliphatic hydroxyl groups is 1. The summed E-state index contributed by atoms with van der Waals surface area (Å²) < 4.78 is 6.21. The molecule has 5 heteroatoms. The zero-order valence-corrected chi connectivity index (χ0v) is 11.1. The lowest BCUT2D eigenvalue weighted by atomic mass is 10.1. The summed E-state index contributed by atoms with van der Waals surface area (Å²) in [5, 5.41) is 13.0. The highest BCUT2D eigenvalue weighted by atomic mass is 127. The normalized spacial score (nSPS) is 12.8. The van der Waals surface area contributed by atoms with Crippen LogP contribution in [0.1, 0.15) is 24.4 Å². The zero-order chi connectivity index (χ0) is 11.7. The average molecular weight is 330 g/mol. The van der Waals surface area contributed by atoms with E-state index in [0.717, 1.165) is 14.7 Å². The molecule has 1 N–H and O–H groups in total. The summed E-state index contributed by atoms with van der Waals surface area (Å²) in [6.07, 6.45) is -0.708. The number of nitrogens with zero attached hydrogens (tertiary/aromatic N) is 2. The highest BCUT2D eigenvalue weighted by molar-refractivity contribution is 14.1. The van der Waals surface area contributed by atoms with E-state index in [2.05, 4.69) is 32.7 Å². The summed E-state index contributed by atoms with van der Waals surface area (Å²) >= 11 is 2.24. The first-order valence-electron chi connectivity index (χ1n) is 4.86. The van der Waals surface area contributed by atoms with E-state index in [1.165, 1.54) is 0 Å². The molecule has 0 aliphatic heterocycles. The molecule has 0 saturated carbocycles. The van der Waals surface area contributed by atoms with Crippen molar-refractivity contribution in [1.29, 1.82) is 0 Å². The lowest BCUT2D eigenvalue weighted by Crippen LogP contribution is -1.93. The van der Waals surface area contributed by atoms with Gasteiger partial charge in [-0.25, -0.2) is 0 Å². The van der Waals surface area contributed by atoms with Crippen molar-refractivity contribution in [3.8, 4) is 11.5 Å². The molecule has 16 heavy (non-hydrogen) atoms. The average Bonchev–Trinajstić information content (AvgIpc) is 2.71. The predicted octanol–water partition coefficient (Wildman–Crippen LogP) is 2.70. The predicted molar refractivity (Wildman–Crippen MR) is 67.8 cm³/mol. The van der Waals surface area contributed by atoms with E-state index in [1.807, 2.05) is 25.1 Å². The number of benzene rings is 1. The van der Waals surface area contributed by atoms with Gasteiger partial charge in [0.2, 0.25) is 0 Å². The number of rotatable bonds is 2. The minimum atomic E-state index is -0.708. The lowest BCUT2D eigenvalue weighted by Gasteiger charge is -2.01. The second kappa shape index (κ2) is 4.50. The first-order chi connectivity index (χ1) is 7.59. The smallest absolute Gasteiger partial charge is 0.259 e. The number of halogens is 1. The molecule has 1 heterocycles. The van der Waals surface area contributed by atoms with Gasteiger partial charge in [-0.3, -0.25) is 0 Å². The van der Waals surface area contributed by atoms with Crippen LogP contribution in [0.3, 0.4) is 0 Å². The van der Waals surface area contributed by atoms with Crippen molar-refractivity contribution in [2.75, 3.05) is 0 Å². The molecule has 0 spiro atoms. The largest absolute Gasteiger partial charge is 0.385 e. The summed E-state index contributed by atoms with van der Waals surface area (Å²) in [5.74, 6) is 0.760. The third kappa shape index (κ3) is 2.10. The Labute approximate surface area is 107 Å². The van der Waals surface area contributed by atoms with Crippen LogP contribution in [0.5, 0.6) is 0 Å². The van der Waals surface area contributed by atoms with Gasteiger partial charge in [-0.2, -0.15) is 4.98 Å². The highest BCUT2D eigenvalue weighted by Gasteiger charge is 2.15. The van der Waals surface area contributed by atoms with E-state index in [4.69, 9.17) is 4.52 Å². The maximum atomic E-state index is 9.32. The Bertz CT molecular complexity index is 508. The maximum absolute atomic E-state index is 9.32. The molecule has 2 rings (SSSR count). The van der Waals surface area contributed by atoms with E-state index < -0.39 is 6.10 Å². The molecule has 1 aromatic heterocycles. The quantitative estimate of drug-likeness (QED) is 0.860. The SMILES string of the molecule is Cc1cccc(-c2nc(C(C)O)no2)c1I. The summed E-state index contributed by atoms with van der Waals surface area (Å²) in [7, 11) is 0. The number of aromatic nitrogens is 2. The van der Waals surface area contributed by atoms with Gasteiger partial charge in [0.15, 0.2) is 5.82 Å². The zero-order valence-electron chi connectivity index (χ0n) is 8.94. The van der Waals surface area contributed by atoms with Crippen LogP contribution < -0.4 is 0 Å². The fourth-order valence-electron chi connectivity index (χ4n) is 1.33. The third-order valence-electron chi connectivity index (χ3n) is 2.24. The van der Waals surface area contributed by atoms with Gasteiger partial charge in [0.1, 0.15) is 6.10 Å². The number of aliphatic hydroxyl groups excluding tert-OH is 1. The Morgan fingerprint density at radius 1 is 1.44 bits per heavy atom. The van der Waals surface area contributed by atoms with E-state index in [-0.39, 0.29) is 0 Å². The van der Waals surface area contributed by atoms with E-state index in [1.54, 1.807) is 6.92 Å². The van der Waals surface area contributed by atoms with Crippen LogP contribution in [0, 0.1) is 10.5 Å². The summed E-state index contributed by atoms with van der Waals surface area (Å²) in [6, 6.07) is 5.89. The van der Waals surface area contributed by atoms with Crippen molar-refractivity contribution >= 4 is 22.6 Å². The maximum Gasteiger partial charge on any atom is 0.259 e. The second-order valence-corrected chi connectivity index (χ2v) is 4.65. The van der Waals surface area contributed by atoms with Crippen molar-refractivity contribution in [2.24, 2.45) is 0 Å². The van der Waals surface area contributed by atoms with Crippen LogP contribution >= 0.6 is 22.6 Å². The van der Waals surface area contributed by atoms with Crippen LogP contribution in [0.4, 0.5) is 0 Å². The van der Waals surface area contributed by atoms with Crippen LogP contribution in [0.25, 0.3) is 11.5 Å². The Kier molecular flexibility index (Phi) is 3.25. The van der Waals surface area contributed by atoms with Crippen molar-refractivity contribution < 1.29 is 9.63 Å². The Morgan fingerprint density at radius 2 is 2.19 bits per heavy atom. The summed E-state index contributed by atoms with van der Waals surface area (Å²) in [5.41, 5.74) is 2.06. The number of hydrogen-bond acceptors (Lipinski definition) is 4. The van der Waals surface area contributed by atoms with Crippen LogP contribution in [-0.4, -0.2) is 15.2 Å². The minimum absolute atomic E-state index is 0.312. The fraction of sp³-hybridized carbons (Fsp3) is 0.273. The Balaban J connectivity index is 2.47. The molecule has 0 amide bonds. The van der Waals surface area contributed by atoms with Gasteiger partial charge < -0.3 is 9.63 Å². The van der Waals surface area contributed by atoms with Crippen molar-refractivity contribution in [3.05, 3.63) is 33.2 Å². The molecular formula is C11H11IN2O2. The number of hydrogen-bond donors (Lipinski definition) is 1. The summed E-state index contributed by atoms with van der Waals surface area (Å²) in [4.78, 5) is 4.15. The van der Waals surface area contributed by atoms with Crippen molar-refractivity contribution in [1.82, 2.24) is 10.1 Å². The van der Waals surface area contributed by atoms with E-state index >= 15 is 0 Å². The molecular weight excluding hydrogens is 319 g/mol. The van der Waals surface area contributed by atoms with Gasteiger partial charge in [-0.1, -0.05) is 17.3 Å². The molecule has 0 aliphatic carbocycles. The van der Waals surface area contributed by atoms with Gasteiger partial charge in [0.25, 0.3) is 5.89 Å².